The standard InChI is InChI=1S/C26H23Cl2N3O4/c27-22-12-11-20(23(28)16-22)14-15-31(26(34)29-25(33)21-4-2-1-3-5-21)17-19-8-6-18(7-9-19)10-13-24(32)30-35/h1-13,16,35H,14-15,17H2,(H,30,32)(H,29,33,34). The third-order valence-corrected chi connectivity index (χ3v) is 5.69. The molecule has 0 aliphatic rings. The van der Waals surface area contributed by atoms with Crippen LogP contribution < -0.4 is 10.8 Å². The zero-order chi connectivity index (χ0) is 25.2. The molecule has 3 N–H and O–H groups in total. The first-order valence-corrected chi connectivity index (χ1v) is 11.4. The van der Waals surface area contributed by atoms with Gasteiger partial charge in [-0.2, -0.15) is 0 Å². The summed E-state index contributed by atoms with van der Waals surface area (Å²) in [6.45, 7) is 0.536. The normalized spacial score (nSPS) is 10.7. The first-order valence-electron chi connectivity index (χ1n) is 10.7. The molecule has 9 heteroatoms. The Hall–Kier alpha value is -3.65. The Bertz CT molecular complexity index is 1220. The second-order valence-corrected chi connectivity index (χ2v) is 8.43. The van der Waals surface area contributed by atoms with E-state index in [4.69, 9.17) is 28.4 Å². The molecular formula is C26H23Cl2N3O4. The minimum absolute atomic E-state index is 0.236. The van der Waals surface area contributed by atoms with E-state index in [0.717, 1.165) is 16.7 Å². The number of amides is 4. The summed E-state index contributed by atoms with van der Waals surface area (Å²) < 4.78 is 0. The molecule has 0 unspecified atom stereocenters. The lowest BCUT2D eigenvalue weighted by Gasteiger charge is -2.23. The van der Waals surface area contributed by atoms with Crippen molar-refractivity contribution in [3.8, 4) is 0 Å². The van der Waals surface area contributed by atoms with Gasteiger partial charge in [-0.05, 0) is 53.5 Å². The van der Waals surface area contributed by atoms with Gasteiger partial charge in [-0.15, -0.1) is 0 Å². The molecular weight excluding hydrogens is 489 g/mol. The molecule has 7 nitrogen and oxygen atoms in total. The maximum absolute atomic E-state index is 13.0. The van der Waals surface area contributed by atoms with Gasteiger partial charge < -0.3 is 4.90 Å². The fourth-order valence-electron chi connectivity index (χ4n) is 3.23. The second-order valence-electron chi connectivity index (χ2n) is 7.58. The van der Waals surface area contributed by atoms with Crippen LogP contribution in [0.3, 0.4) is 0 Å². The third-order valence-electron chi connectivity index (χ3n) is 5.10. The molecule has 3 aromatic carbocycles. The molecule has 0 saturated carbocycles. The summed E-state index contributed by atoms with van der Waals surface area (Å²) in [4.78, 5) is 38.2. The van der Waals surface area contributed by atoms with Crippen LogP contribution in [0.25, 0.3) is 6.08 Å². The lowest BCUT2D eigenvalue weighted by atomic mass is 10.1. The molecule has 0 heterocycles. The number of carbonyl (C=O) groups excluding carboxylic acids is 3. The van der Waals surface area contributed by atoms with Crippen LogP contribution in [0.4, 0.5) is 4.79 Å². The number of imide groups is 1. The molecule has 3 aromatic rings. The topological polar surface area (TPSA) is 98.7 Å². The molecule has 0 aliphatic heterocycles. The quantitative estimate of drug-likeness (QED) is 0.222. The van der Waals surface area contributed by atoms with Gasteiger partial charge in [-0.25, -0.2) is 10.3 Å². The van der Waals surface area contributed by atoms with Gasteiger partial charge in [0.15, 0.2) is 0 Å². The van der Waals surface area contributed by atoms with E-state index < -0.39 is 17.8 Å². The fraction of sp³-hybridized carbons (Fsp3) is 0.115. The molecule has 0 aromatic heterocycles. The van der Waals surface area contributed by atoms with Crippen LogP contribution in [0, 0.1) is 0 Å². The van der Waals surface area contributed by atoms with Gasteiger partial charge in [0, 0.05) is 34.8 Å². The van der Waals surface area contributed by atoms with E-state index in [1.54, 1.807) is 66.7 Å². The number of hydrogen-bond donors (Lipinski definition) is 3. The van der Waals surface area contributed by atoms with Crippen LogP contribution in [0.15, 0.2) is 78.9 Å². The van der Waals surface area contributed by atoms with E-state index >= 15 is 0 Å². The first-order chi connectivity index (χ1) is 16.9. The number of nitrogens with zero attached hydrogens (tertiary/aromatic N) is 1. The van der Waals surface area contributed by atoms with Gasteiger partial charge in [0.1, 0.15) is 0 Å². The lowest BCUT2D eigenvalue weighted by molar-refractivity contribution is -0.124. The number of urea groups is 1. The van der Waals surface area contributed by atoms with E-state index in [9.17, 15) is 14.4 Å². The maximum atomic E-state index is 13.0. The molecule has 0 atom stereocenters. The van der Waals surface area contributed by atoms with Crippen molar-refractivity contribution in [3.63, 3.8) is 0 Å². The second kappa shape index (κ2) is 12.7. The Morgan fingerprint density at radius 2 is 1.66 bits per heavy atom. The van der Waals surface area contributed by atoms with Gasteiger partial charge in [-0.1, -0.05) is 71.7 Å². The lowest BCUT2D eigenvalue weighted by Crippen LogP contribution is -2.43. The van der Waals surface area contributed by atoms with Gasteiger partial charge in [0.05, 0.1) is 0 Å². The summed E-state index contributed by atoms with van der Waals surface area (Å²) in [7, 11) is 0. The monoisotopic (exact) mass is 511 g/mol. The molecule has 0 aliphatic carbocycles. The van der Waals surface area contributed by atoms with Crippen molar-refractivity contribution in [2.24, 2.45) is 0 Å². The average molecular weight is 512 g/mol. The highest BCUT2D eigenvalue weighted by Gasteiger charge is 2.18. The van der Waals surface area contributed by atoms with Crippen LogP contribution in [-0.2, 0) is 17.8 Å². The molecule has 180 valence electrons. The largest absolute Gasteiger partial charge is 0.324 e. The van der Waals surface area contributed by atoms with Crippen molar-refractivity contribution in [1.29, 1.82) is 0 Å². The van der Waals surface area contributed by atoms with Crippen LogP contribution in [0.5, 0.6) is 0 Å². The third kappa shape index (κ3) is 7.96. The smallest absolute Gasteiger partial charge is 0.320 e. The van der Waals surface area contributed by atoms with Crippen molar-refractivity contribution in [3.05, 3.63) is 111 Å². The molecule has 0 saturated heterocycles. The number of carbonyl (C=O) groups is 3. The van der Waals surface area contributed by atoms with Gasteiger partial charge in [-0.3, -0.25) is 20.1 Å². The highest BCUT2D eigenvalue weighted by Crippen LogP contribution is 2.22. The number of halogens is 2. The summed E-state index contributed by atoms with van der Waals surface area (Å²) in [6, 6.07) is 20.3. The molecule has 0 fully saturated rings. The summed E-state index contributed by atoms with van der Waals surface area (Å²) >= 11 is 12.3. The Morgan fingerprint density at radius 3 is 2.31 bits per heavy atom. The van der Waals surface area contributed by atoms with Crippen LogP contribution >= 0.6 is 23.2 Å². The fourth-order valence-corrected chi connectivity index (χ4v) is 3.74. The summed E-state index contributed by atoms with van der Waals surface area (Å²) in [6.07, 6.45) is 3.20. The van der Waals surface area contributed by atoms with Crippen molar-refractivity contribution in [1.82, 2.24) is 15.7 Å². The van der Waals surface area contributed by atoms with Gasteiger partial charge in [0.25, 0.3) is 11.8 Å². The average Bonchev–Trinajstić information content (AvgIpc) is 2.87. The molecule has 4 amide bonds. The highest BCUT2D eigenvalue weighted by molar-refractivity contribution is 6.35. The van der Waals surface area contributed by atoms with Crippen molar-refractivity contribution in [2.45, 2.75) is 13.0 Å². The molecule has 0 spiro atoms. The van der Waals surface area contributed by atoms with E-state index in [1.165, 1.54) is 16.5 Å². The maximum Gasteiger partial charge on any atom is 0.324 e. The zero-order valence-electron chi connectivity index (χ0n) is 18.6. The SMILES string of the molecule is O=C(C=Cc1ccc(CN(CCc2ccc(Cl)cc2Cl)C(=O)NC(=O)c2ccccc2)cc1)NO. The zero-order valence-corrected chi connectivity index (χ0v) is 20.1. The van der Waals surface area contributed by atoms with E-state index in [1.807, 2.05) is 12.1 Å². The number of rotatable bonds is 8. The van der Waals surface area contributed by atoms with E-state index in [0.29, 0.717) is 28.6 Å². The Morgan fingerprint density at radius 1 is 0.943 bits per heavy atom. The van der Waals surface area contributed by atoms with Gasteiger partial charge >= 0.3 is 6.03 Å². The van der Waals surface area contributed by atoms with Crippen LogP contribution in [0.2, 0.25) is 10.0 Å². The predicted molar refractivity (Wildman–Crippen MR) is 135 cm³/mol. The van der Waals surface area contributed by atoms with Crippen LogP contribution in [-0.4, -0.2) is 34.5 Å². The van der Waals surface area contributed by atoms with Crippen molar-refractivity contribution >= 4 is 47.1 Å². The number of hydroxylamine groups is 1. The van der Waals surface area contributed by atoms with Crippen molar-refractivity contribution < 1.29 is 19.6 Å². The molecule has 0 radical (unpaired) electrons. The minimum atomic E-state index is -0.638. The Labute approximate surface area is 212 Å². The molecule has 35 heavy (non-hydrogen) atoms. The predicted octanol–water partition coefficient (Wildman–Crippen LogP) is 5.11. The molecule has 0 bridgehead atoms. The summed E-state index contributed by atoms with van der Waals surface area (Å²) in [5.74, 6) is -1.13. The first kappa shape index (κ1) is 26.0. The Kier molecular flexibility index (Phi) is 9.43. The summed E-state index contributed by atoms with van der Waals surface area (Å²) in [5, 5.41) is 12.0. The number of benzene rings is 3. The van der Waals surface area contributed by atoms with Gasteiger partial charge in [0.2, 0.25) is 0 Å². The van der Waals surface area contributed by atoms with E-state index in [2.05, 4.69) is 5.32 Å². The number of hydrogen-bond acceptors (Lipinski definition) is 4. The van der Waals surface area contributed by atoms with Crippen LogP contribution in [0.1, 0.15) is 27.0 Å². The molecule has 3 rings (SSSR count). The minimum Gasteiger partial charge on any atom is -0.320 e. The summed E-state index contributed by atoms with van der Waals surface area (Å²) in [5.41, 5.74) is 4.28. The number of nitrogens with one attached hydrogen (secondary N) is 2. The Balaban J connectivity index is 1.74. The van der Waals surface area contributed by atoms with Crippen molar-refractivity contribution in [2.75, 3.05) is 6.54 Å². The van der Waals surface area contributed by atoms with E-state index in [-0.39, 0.29) is 6.54 Å². The highest BCUT2D eigenvalue weighted by atomic mass is 35.5.